The second-order valence-corrected chi connectivity index (χ2v) is 7.65. The molecule has 0 unspecified atom stereocenters. The van der Waals surface area contributed by atoms with Gasteiger partial charge in [0.1, 0.15) is 0 Å². The molecule has 1 aliphatic heterocycles. The minimum atomic E-state index is -0.321. The monoisotopic (exact) mass is 410 g/mol. The van der Waals surface area contributed by atoms with Gasteiger partial charge in [0.25, 0.3) is 0 Å². The lowest BCUT2D eigenvalue weighted by Crippen LogP contribution is -2.48. The van der Waals surface area contributed by atoms with E-state index < -0.39 is 0 Å². The average Bonchev–Trinajstić information content (AvgIpc) is 2.79. The second kappa shape index (κ2) is 9.85. The van der Waals surface area contributed by atoms with Crippen LogP contribution in [-0.2, 0) is 9.53 Å². The zero-order valence-electron chi connectivity index (χ0n) is 18.1. The van der Waals surface area contributed by atoms with Gasteiger partial charge in [0, 0.05) is 42.9 Å². The largest absolute Gasteiger partial charge is 0.492 e. The van der Waals surface area contributed by atoms with Crippen LogP contribution in [0.1, 0.15) is 53.8 Å². The number of rotatable bonds is 7. The van der Waals surface area contributed by atoms with Crippen molar-refractivity contribution in [1.29, 1.82) is 0 Å². The molecule has 1 fully saturated rings. The standard InChI is InChI=1S/C24H30N2O4/c1-4-6-9-17(24(29)26-14-12-25(5-2)13-15-26)16-20-21(27)18-10-7-8-11-19(18)22(28)23(20)30-3/h7-8,10-11,16H,4-6,9,12-15H2,1-3H3. The highest BCUT2D eigenvalue weighted by molar-refractivity contribution is 6.27. The van der Waals surface area contributed by atoms with E-state index in [0.29, 0.717) is 36.2 Å². The van der Waals surface area contributed by atoms with Crippen LogP contribution >= 0.6 is 0 Å². The fraction of sp³-hybridized carbons (Fsp3) is 0.458. The Kier molecular flexibility index (Phi) is 7.21. The summed E-state index contributed by atoms with van der Waals surface area (Å²) in [4.78, 5) is 43.5. The molecule has 6 heteroatoms. The number of fused-ring (bicyclic) bond motifs is 1. The molecule has 0 N–H and O–H groups in total. The van der Waals surface area contributed by atoms with Crippen molar-refractivity contribution in [2.45, 2.75) is 33.1 Å². The summed E-state index contributed by atoms with van der Waals surface area (Å²) in [7, 11) is 1.39. The Morgan fingerprint density at radius 3 is 2.23 bits per heavy atom. The maximum absolute atomic E-state index is 13.3. The zero-order chi connectivity index (χ0) is 21.7. The Morgan fingerprint density at radius 2 is 1.67 bits per heavy atom. The highest BCUT2D eigenvalue weighted by atomic mass is 16.5. The van der Waals surface area contributed by atoms with Crippen LogP contribution in [0.2, 0.25) is 0 Å². The van der Waals surface area contributed by atoms with E-state index >= 15 is 0 Å². The normalized spacial score (nSPS) is 18.0. The first-order valence-corrected chi connectivity index (χ1v) is 10.7. The first kappa shape index (κ1) is 22.0. The number of hydrogen-bond donors (Lipinski definition) is 0. The molecule has 3 rings (SSSR count). The number of methoxy groups -OCH3 is 1. The number of likely N-dealkylation sites (N-methyl/N-ethyl adjacent to an activating group) is 1. The van der Waals surface area contributed by atoms with Crippen LogP contribution in [0, 0.1) is 0 Å². The Labute approximate surface area is 178 Å². The van der Waals surface area contributed by atoms with E-state index in [4.69, 9.17) is 4.74 Å². The maximum Gasteiger partial charge on any atom is 0.249 e. The van der Waals surface area contributed by atoms with Crippen LogP contribution < -0.4 is 0 Å². The molecule has 1 saturated heterocycles. The van der Waals surface area contributed by atoms with Gasteiger partial charge in [-0.3, -0.25) is 14.4 Å². The van der Waals surface area contributed by atoms with Crippen molar-refractivity contribution in [2.75, 3.05) is 39.8 Å². The lowest BCUT2D eigenvalue weighted by atomic mass is 9.86. The summed E-state index contributed by atoms with van der Waals surface area (Å²) in [6.45, 7) is 8.19. The number of carbonyl (C=O) groups excluding carboxylic acids is 3. The number of benzene rings is 1. The summed E-state index contributed by atoms with van der Waals surface area (Å²) < 4.78 is 5.34. The van der Waals surface area contributed by atoms with Crippen LogP contribution in [0.25, 0.3) is 0 Å². The molecule has 2 aliphatic rings. The maximum atomic E-state index is 13.3. The van der Waals surface area contributed by atoms with Gasteiger partial charge in [-0.25, -0.2) is 0 Å². The number of piperazine rings is 1. The zero-order valence-corrected chi connectivity index (χ0v) is 18.1. The summed E-state index contributed by atoms with van der Waals surface area (Å²) in [5.74, 6) is -0.644. The number of nitrogens with zero attached hydrogens (tertiary/aromatic N) is 2. The molecule has 0 atom stereocenters. The number of carbonyl (C=O) groups is 3. The highest BCUT2D eigenvalue weighted by Crippen LogP contribution is 2.29. The summed E-state index contributed by atoms with van der Waals surface area (Å²) in [6.07, 6.45) is 3.92. The minimum Gasteiger partial charge on any atom is -0.492 e. The van der Waals surface area contributed by atoms with Gasteiger partial charge in [-0.15, -0.1) is 0 Å². The number of hydrogen-bond acceptors (Lipinski definition) is 5. The van der Waals surface area contributed by atoms with Crippen LogP contribution in [0.5, 0.6) is 0 Å². The van der Waals surface area contributed by atoms with Gasteiger partial charge >= 0.3 is 0 Å². The van der Waals surface area contributed by atoms with Crippen molar-refractivity contribution in [3.8, 4) is 0 Å². The number of allylic oxidation sites excluding steroid dienone is 3. The third kappa shape index (κ3) is 4.38. The highest BCUT2D eigenvalue weighted by Gasteiger charge is 2.33. The van der Waals surface area contributed by atoms with Gasteiger partial charge in [0.05, 0.1) is 12.7 Å². The Hall–Kier alpha value is -2.73. The first-order valence-electron chi connectivity index (χ1n) is 10.7. The number of ketones is 2. The topological polar surface area (TPSA) is 66.9 Å². The van der Waals surface area contributed by atoms with Crippen LogP contribution in [-0.4, -0.2) is 67.1 Å². The van der Waals surface area contributed by atoms with Crippen molar-refractivity contribution < 1.29 is 19.1 Å². The molecule has 0 bridgehead atoms. The van der Waals surface area contributed by atoms with E-state index in [1.807, 2.05) is 4.90 Å². The summed E-state index contributed by atoms with van der Waals surface area (Å²) >= 11 is 0. The molecule has 0 radical (unpaired) electrons. The third-order valence-electron chi connectivity index (χ3n) is 5.82. The molecule has 1 heterocycles. The van der Waals surface area contributed by atoms with Crippen LogP contribution in [0.3, 0.4) is 0 Å². The fourth-order valence-corrected chi connectivity index (χ4v) is 3.96. The van der Waals surface area contributed by atoms with Crippen molar-refractivity contribution >= 4 is 17.5 Å². The van der Waals surface area contributed by atoms with Crippen molar-refractivity contribution in [3.05, 3.63) is 58.4 Å². The molecular formula is C24H30N2O4. The van der Waals surface area contributed by atoms with Crippen LogP contribution in [0.15, 0.2) is 47.2 Å². The summed E-state index contributed by atoms with van der Waals surface area (Å²) in [5.41, 5.74) is 1.43. The number of unbranched alkanes of at least 4 members (excludes halogenated alkanes) is 1. The van der Waals surface area contributed by atoms with Gasteiger partial charge < -0.3 is 14.5 Å². The third-order valence-corrected chi connectivity index (χ3v) is 5.82. The van der Waals surface area contributed by atoms with E-state index in [-0.39, 0.29) is 28.8 Å². The summed E-state index contributed by atoms with van der Waals surface area (Å²) in [5, 5.41) is 0. The molecule has 1 amide bonds. The predicted octanol–water partition coefficient (Wildman–Crippen LogP) is 3.25. The SMILES string of the molecule is CCCCC(=CC1=C(OC)C(=O)c2ccccc2C1=O)C(=O)N1CCN(CC)CC1. The molecule has 1 aliphatic carbocycles. The van der Waals surface area contributed by atoms with Gasteiger partial charge in [0.2, 0.25) is 11.7 Å². The molecule has 0 saturated carbocycles. The molecule has 30 heavy (non-hydrogen) atoms. The molecular weight excluding hydrogens is 380 g/mol. The molecule has 1 aromatic carbocycles. The molecule has 160 valence electrons. The lowest BCUT2D eigenvalue weighted by molar-refractivity contribution is -0.129. The molecule has 6 nitrogen and oxygen atoms in total. The summed E-state index contributed by atoms with van der Waals surface area (Å²) in [6, 6.07) is 6.74. The van der Waals surface area contributed by atoms with E-state index in [0.717, 1.165) is 32.5 Å². The molecule has 0 aromatic heterocycles. The quantitative estimate of drug-likeness (QED) is 0.646. The second-order valence-electron chi connectivity index (χ2n) is 7.65. The van der Waals surface area contributed by atoms with E-state index in [2.05, 4.69) is 18.7 Å². The van der Waals surface area contributed by atoms with E-state index in [9.17, 15) is 14.4 Å². The molecule has 0 spiro atoms. The average molecular weight is 411 g/mol. The fourth-order valence-electron chi connectivity index (χ4n) is 3.96. The van der Waals surface area contributed by atoms with Crippen molar-refractivity contribution in [2.24, 2.45) is 0 Å². The number of amides is 1. The van der Waals surface area contributed by atoms with Gasteiger partial charge in [-0.05, 0) is 25.5 Å². The van der Waals surface area contributed by atoms with E-state index in [1.165, 1.54) is 7.11 Å². The van der Waals surface area contributed by atoms with Crippen molar-refractivity contribution in [1.82, 2.24) is 9.80 Å². The first-order chi connectivity index (χ1) is 14.5. The number of Topliss-reactive ketones (excluding diaryl/α,β-unsaturated/α-hetero) is 2. The Balaban J connectivity index is 1.96. The smallest absolute Gasteiger partial charge is 0.249 e. The van der Waals surface area contributed by atoms with E-state index in [1.54, 1.807) is 30.3 Å². The lowest BCUT2D eigenvalue weighted by Gasteiger charge is -2.34. The van der Waals surface area contributed by atoms with Gasteiger partial charge in [-0.1, -0.05) is 44.5 Å². The van der Waals surface area contributed by atoms with Crippen molar-refractivity contribution in [3.63, 3.8) is 0 Å². The molecule has 1 aromatic rings. The van der Waals surface area contributed by atoms with Crippen LogP contribution in [0.4, 0.5) is 0 Å². The Bertz CT molecular complexity index is 892. The predicted molar refractivity (Wildman–Crippen MR) is 115 cm³/mol. The minimum absolute atomic E-state index is 0.0105. The van der Waals surface area contributed by atoms with Gasteiger partial charge in [0.15, 0.2) is 11.5 Å². The number of ether oxygens (including phenoxy) is 1. The van der Waals surface area contributed by atoms with Gasteiger partial charge in [-0.2, -0.15) is 0 Å². The Morgan fingerprint density at radius 1 is 1.03 bits per heavy atom.